The van der Waals surface area contributed by atoms with E-state index in [1.807, 2.05) is 11.8 Å². The molecule has 1 nitrogen and oxygen atoms in total. The van der Waals surface area contributed by atoms with E-state index >= 15 is 0 Å². The summed E-state index contributed by atoms with van der Waals surface area (Å²) in [6.45, 7) is 0.561. The molecule has 0 saturated heterocycles. The highest BCUT2D eigenvalue weighted by atomic mass is 35.5. The maximum absolute atomic E-state index is 6.12. The first kappa shape index (κ1) is 14.4. The van der Waals surface area contributed by atoms with E-state index in [0.717, 1.165) is 5.75 Å². The maximum Gasteiger partial charge on any atom is 0.156 e. The van der Waals surface area contributed by atoms with Crippen molar-refractivity contribution in [3.8, 4) is 5.75 Å². The van der Waals surface area contributed by atoms with Gasteiger partial charge >= 0.3 is 0 Å². The zero-order valence-corrected chi connectivity index (χ0v) is 13.5. The van der Waals surface area contributed by atoms with Gasteiger partial charge in [-0.2, -0.15) is 0 Å². The van der Waals surface area contributed by atoms with Gasteiger partial charge in [0.15, 0.2) is 5.75 Å². The van der Waals surface area contributed by atoms with Gasteiger partial charge in [0.2, 0.25) is 0 Å². The Morgan fingerprint density at radius 1 is 1.10 bits per heavy atom. The predicted octanol–water partition coefficient (Wildman–Crippen LogP) is 5.92. The Morgan fingerprint density at radius 3 is 2.55 bits per heavy atom. The average molecular weight is 346 g/mol. The van der Waals surface area contributed by atoms with E-state index in [1.54, 1.807) is 12.1 Å². The molecule has 1 unspecified atom stereocenters. The summed E-state index contributed by atoms with van der Waals surface area (Å²) in [7, 11) is 0. The molecule has 0 aliphatic carbocycles. The third-order valence-electron chi connectivity index (χ3n) is 3.19. The molecular weight excluding hydrogens is 335 g/mol. The molecule has 1 aliphatic rings. The SMILES string of the molecule is Clc1cc(Cl)c(OCC2CSc3ccccc32)c(Cl)c1. The lowest BCUT2D eigenvalue weighted by atomic mass is 10.0. The van der Waals surface area contributed by atoms with Crippen molar-refractivity contribution in [3.63, 3.8) is 0 Å². The van der Waals surface area contributed by atoms with Gasteiger partial charge in [0.25, 0.3) is 0 Å². The summed E-state index contributed by atoms with van der Waals surface area (Å²) in [6, 6.07) is 11.7. The fraction of sp³-hybridized carbons (Fsp3) is 0.200. The summed E-state index contributed by atoms with van der Waals surface area (Å²) in [5.41, 5.74) is 1.33. The van der Waals surface area contributed by atoms with Gasteiger partial charge in [0, 0.05) is 21.6 Å². The minimum absolute atomic E-state index is 0.360. The molecule has 0 saturated carbocycles. The van der Waals surface area contributed by atoms with Crippen LogP contribution >= 0.6 is 46.6 Å². The predicted molar refractivity (Wildman–Crippen MR) is 86.9 cm³/mol. The number of hydrogen-bond donors (Lipinski definition) is 0. The molecule has 0 amide bonds. The fourth-order valence-electron chi connectivity index (χ4n) is 2.22. The summed E-state index contributed by atoms with van der Waals surface area (Å²) in [6.07, 6.45) is 0. The highest BCUT2D eigenvalue weighted by Gasteiger charge is 2.24. The third kappa shape index (κ3) is 2.89. The van der Waals surface area contributed by atoms with Crippen LogP contribution in [0.2, 0.25) is 15.1 Å². The van der Waals surface area contributed by atoms with Crippen LogP contribution in [0.15, 0.2) is 41.3 Å². The van der Waals surface area contributed by atoms with Crippen LogP contribution < -0.4 is 4.74 Å². The molecular formula is C15H11Cl3OS. The monoisotopic (exact) mass is 344 g/mol. The number of halogens is 3. The number of thioether (sulfide) groups is 1. The minimum atomic E-state index is 0.360. The van der Waals surface area contributed by atoms with Crippen LogP contribution in [-0.4, -0.2) is 12.4 Å². The fourth-order valence-corrected chi connectivity index (χ4v) is 4.38. The lowest BCUT2D eigenvalue weighted by Crippen LogP contribution is -2.10. The van der Waals surface area contributed by atoms with Gasteiger partial charge in [-0.25, -0.2) is 0 Å². The summed E-state index contributed by atoms with van der Waals surface area (Å²) >= 11 is 20.0. The largest absolute Gasteiger partial charge is 0.490 e. The molecule has 20 heavy (non-hydrogen) atoms. The Hall–Kier alpha value is -0.540. The van der Waals surface area contributed by atoms with Crippen LogP contribution in [0.3, 0.4) is 0 Å². The smallest absolute Gasteiger partial charge is 0.156 e. The van der Waals surface area contributed by atoms with E-state index in [-0.39, 0.29) is 0 Å². The number of ether oxygens (including phenoxy) is 1. The Bertz CT molecular complexity index is 622. The first-order chi connectivity index (χ1) is 9.65. The number of benzene rings is 2. The normalized spacial score (nSPS) is 17.1. The molecule has 0 spiro atoms. The van der Waals surface area contributed by atoms with Gasteiger partial charge in [-0.15, -0.1) is 11.8 Å². The molecule has 1 heterocycles. The second-order valence-corrected chi connectivity index (χ2v) is 6.87. The third-order valence-corrected chi connectivity index (χ3v) is 5.22. The average Bonchev–Trinajstić information content (AvgIpc) is 2.81. The zero-order valence-electron chi connectivity index (χ0n) is 10.4. The first-order valence-corrected chi connectivity index (χ1v) is 8.26. The molecule has 0 N–H and O–H groups in total. The van der Waals surface area contributed by atoms with E-state index in [2.05, 4.69) is 24.3 Å². The summed E-state index contributed by atoms with van der Waals surface area (Å²) in [4.78, 5) is 1.33. The summed E-state index contributed by atoms with van der Waals surface area (Å²) in [5, 5.41) is 1.40. The molecule has 0 radical (unpaired) electrons. The van der Waals surface area contributed by atoms with Crippen molar-refractivity contribution < 1.29 is 4.74 Å². The Morgan fingerprint density at radius 2 is 1.80 bits per heavy atom. The highest BCUT2D eigenvalue weighted by molar-refractivity contribution is 7.99. The van der Waals surface area contributed by atoms with Crippen molar-refractivity contribution in [2.75, 3.05) is 12.4 Å². The zero-order chi connectivity index (χ0) is 14.1. The van der Waals surface area contributed by atoms with E-state index in [1.165, 1.54) is 10.5 Å². The van der Waals surface area contributed by atoms with Crippen molar-refractivity contribution in [1.82, 2.24) is 0 Å². The van der Waals surface area contributed by atoms with E-state index in [4.69, 9.17) is 39.5 Å². The lowest BCUT2D eigenvalue weighted by Gasteiger charge is -2.15. The molecule has 5 heteroatoms. The van der Waals surface area contributed by atoms with Crippen LogP contribution in [0.1, 0.15) is 11.5 Å². The molecule has 0 fully saturated rings. The Balaban J connectivity index is 1.76. The Labute approximate surface area is 137 Å². The number of hydrogen-bond acceptors (Lipinski definition) is 2. The van der Waals surface area contributed by atoms with Crippen molar-refractivity contribution in [3.05, 3.63) is 57.0 Å². The van der Waals surface area contributed by atoms with E-state index < -0.39 is 0 Å². The van der Waals surface area contributed by atoms with Gasteiger partial charge in [-0.1, -0.05) is 53.0 Å². The van der Waals surface area contributed by atoms with E-state index in [9.17, 15) is 0 Å². The number of rotatable bonds is 3. The standard InChI is InChI=1S/C15H11Cl3OS/c16-10-5-12(17)15(13(18)6-10)19-7-9-8-20-14-4-2-1-3-11(9)14/h1-6,9H,7-8H2. The summed E-state index contributed by atoms with van der Waals surface area (Å²) in [5.74, 6) is 1.88. The van der Waals surface area contributed by atoms with Crippen LogP contribution in [0, 0.1) is 0 Å². The van der Waals surface area contributed by atoms with Crippen LogP contribution in [-0.2, 0) is 0 Å². The van der Waals surface area contributed by atoms with Crippen molar-refractivity contribution >= 4 is 46.6 Å². The molecule has 3 rings (SSSR count). The quantitative estimate of drug-likeness (QED) is 0.683. The molecule has 1 aliphatic heterocycles. The number of fused-ring (bicyclic) bond motifs is 1. The molecule has 1 atom stereocenters. The van der Waals surface area contributed by atoms with Crippen molar-refractivity contribution in [2.24, 2.45) is 0 Å². The van der Waals surface area contributed by atoms with Gasteiger partial charge in [-0.3, -0.25) is 0 Å². The maximum atomic E-state index is 6.12. The van der Waals surface area contributed by atoms with Gasteiger partial charge in [0.1, 0.15) is 0 Å². The molecule has 0 aromatic heterocycles. The lowest BCUT2D eigenvalue weighted by molar-refractivity contribution is 0.298. The van der Waals surface area contributed by atoms with Crippen molar-refractivity contribution in [1.29, 1.82) is 0 Å². The van der Waals surface area contributed by atoms with Crippen molar-refractivity contribution in [2.45, 2.75) is 10.8 Å². The van der Waals surface area contributed by atoms with Crippen LogP contribution in [0.5, 0.6) is 5.75 Å². The van der Waals surface area contributed by atoms with Gasteiger partial charge in [-0.05, 0) is 23.8 Å². The second-order valence-electron chi connectivity index (χ2n) is 4.56. The highest BCUT2D eigenvalue weighted by Crippen LogP contribution is 2.41. The molecule has 2 aromatic carbocycles. The minimum Gasteiger partial charge on any atom is -0.490 e. The van der Waals surface area contributed by atoms with Crippen LogP contribution in [0.4, 0.5) is 0 Å². The van der Waals surface area contributed by atoms with E-state index in [0.29, 0.717) is 33.3 Å². The molecule has 2 aromatic rings. The first-order valence-electron chi connectivity index (χ1n) is 6.14. The van der Waals surface area contributed by atoms with Crippen LogP contribution in [0.25, 0.3) is 0 Å². The second kappa shape index (κ2) is 6.07. The Kier molecular flexibility index (Phi) is 4.37. The topological polar surface area (TPSA) is 9.23 Å². The summed E-state index contributed by atoms with van der Waals surface area (Å²) < 4.78 is 5.83. The molecule has 0 bridgehead atoms. The van der Waals surface area contributed by atoms with Gasteiger partial charge < -0.3 is 4.74 Å². The molecule has 104 valence electrons. The van der Waals surface area contributed by atoms with Gasteiger partial charge in [0.05, 0.1) is 16.7 Å².